The summed E-state index contributed by atoms with van der Waals surface area (Å²) in [5.74, 6) is 0.615. The summed E-state index contributed by atoms with van der Waals surface area (Å²) in [6, 6.07) is 17.6. The molecule has 2 heteroatoms. The van der Waals surface area contributed by atoms with Crippen molar-refractivity contribution in [2.45, 2.75) is 19.8 Å². The van der Waals surface area contributed by atoms with Crippen LogP contribution in [0.2, 0.25) is 0 Å². The highest BCUT2D eigenvalue weighted by molar-refractivity contribution is 7.15. The fourth-order valence-corrected chi connectivity index (χ4v) is 3.81. The first-order valence-corrected chi connectivity index (χ1v) is 8.17. The van der Waals surface area contributed by atoms with Crippen LogP contribution in [-0.4, -0.2) is 0 Å². The standard InChI is InChI=1S/C17H16S2/c1-12(2)15-9-10-17(19-15)14-7-5-13(6-8-14)16-4-3-11-18-16/h3-12H,1-2H3. The summed E-state index contributed by atoms with van der Waals surface area (Å²) in [5, 5.41) is 2.12. The number of hydrogen-bond acceptors (Lipinski definition) is 2. The van der Waals surface area contributed by atoms with Crippen molar-refractivity contribution in [1.29, 1.82) is 0 Å². The molecular formula is C17H16S2. The Kier molecular flexibility index (Phi) is 3.54. The molecule has 0 aliphatic heterocycles. The van der Waals surface area contributed by atoms with Gasteiger partial charge in [-0.1, -0.05) is 44.2 Å². The van der Waals surface area contributed by atoms with E-state index in [1.807, 2.05) is 11.3 Å². The van der Waals surface area contributed by atoms with Crippen molar-refractivity contribution in [2.75, 3.05) is 0 Å². The van der Waals surface area contributed by atoms with Gasteiger partial charge in [-0.2, -0.15) is 0 Å². The zero-order valence-corrected chi connectivity index (χ0v) is 12.7. The highest BCUT2D eigenvalue weighted by atomic mass is 32.1. The largest absolute Gasteiger partial charge is 0.144 e. The fraction of sp³-hybridized carbons (Fsp3) is 0.176. The molecule has 0 bridgehead atoms. The van der Waals surface area contributed by atoms with Crippen molar-refractivity contribution >= 4 is 22.7 Å². The summed E-state index contributed by atoms with van der Waals surface area (Å²) in [6.07, 6.45) is 0. The van der Waals surface area contributed by atoms with E-state index >= 15 is 0 Å². The van der Waals surface area contributed by atoms with Gasteiger partial charge in [0.1, 0.15) is 0 Å². The van der Waals surface area contributed by atoms with E-state index in [2.05, 4.69) is 67.8 Å². The van der Waals surface area contributed by atoms with Crippen molar-refractivity contribution in [3.05, 3.63) is 58.8 Å². The molecule has 3 rings (SSSR count). The van der Waals surface area contributed by atoms with Crippen molar-refractivity contribution < 1.29 is 0 Å². The lowest BCUT2D eigenvalue weighted by molar-refractivity contribution is 0.890. The molecule has 2 aromatic heterocycles. The molecule has 96 valence electrons. The van der Waals surface area contributed by atoms with Gasteiger partial charge in [-0.05, 0) is 40.6 Å². The molecule has 0 atom stereocenters. The van der Waals surface area contributed by atoms with Crippen LogP contribution in [0.5, 0.6) is 0 Å². The Hall–Kier alpha value is -1.38. The molecule has 3 aromatic rings. The van der Waals surface area contributed by atoms with Gasteiger partial charge in [-0.3, -0.25) is 0 Å². The van der Waals surface area contributed by atoms with Crippen LogP contribution in [0.1, 0.15) is 24.6 Å². The average Bonchev–Trinajstić information content (AvgIpc) is 3.11. The van der Waals surface area contributed by atoms with Crippen molar-refractivity contribution in [3.63, 3.8) is 0 Å². The van der Waals surface area contributed by atoms with Gasteiger partial charge in [0.25, 0.3) is 0 Å². The maximum atomic E-state index is 2.25. The van der Waals surface area contributed by atoms with E-state index in [1.165, 1.54) is 25.8 Å². The average molecular weight is 284 g/mol. The normalized spacial score (nSPS) is 11.1. The summed E-state index contributed by atoms with van der Waals surface area (Å²) in [5.41, 5.74) is 2.62. The zero-order chi connectivity index (χ0) is 13.2. The van der Waals surface area contributed by atoms with Crippen molar-refractivity contribution in [1.82, 2.24) is 0 Å². The van der Waals surface area contributed by atoms with Gasteiger partial charge in [0, 0.05) is 14.6 Å². The van der Waals surface area contributed by atoms with Crippen LogP contribution in [0.15, 0.2) is 53.9 Å². The SMILES string of the molecule is CC(C)c1ccc(-c2ccc(-c3cccs3)cc2)s1. The summed E-state index contributed by atoms with van der Waals surface area (Å²) in [4.78, 5) is 4.15. The summed E-state index contributed by atoms with van der Waals surface area (Å²) >= 11 is 3.69. The molecule has 0 saturated carbocycles. The maximum absolute atomic E-state index is 2.25. The van der Waals surface area contributed by atoms with E-state index < -0.39 is 0 Å². The third-order valence-corrected chi connectivity index (χ3v) is 5.52. The minimum absolute atomic E-state index is 0.615. The Morgan fingerprint density at radius 2 is 1.47 bits per heavy atom. The predicted octanol–water partition coefficient (Wildman–Crippen LogP) is 6.27. The summed E-state index contributed by atoms with van der Waals surface area (Å²) in [6.45, 7) is 4.49. The minimum Gasteiger partial charge on any atom is -0.144 e. The Bertz CT molecular complexity index is 643. The summed E-state index contributed by atoms with van der Waals surface area (Å²) in [7, 11) is 0. The molecule has 1 aromatic carbocycles. The minimum atomic E-state index is 0.615. The van der Waals surface area contributed by atoms with Crippen LogP contribution in [-0.2, 0) is 0 Å². The second-order valence-electron chi connectivity index (χ2n) is 4.91. The smallest absolute Gasteiger partial charge is 0.0345 e. The molecule has 0 radical (unpaired) electrons. The predicted molar refractivity (Wildman–Crippen MR) is 87.2 cm³/mol. The molecule has 0 unspecified atom stereocenters. The lowest BCUT2D eigenvalue weighted by Crippen LogP contribution is -1.77. The fourth-order valence-electron chi connectivity index (χ4n) is 2.06. The molecule has 0 amide bonds. The van der Waals surface area contributed by atoms with E-state index in [0.717, 1.165) is 0 Å². The third-order valence-electron chi connectivity index (χ3n) is 3.17. The van der Waals surface area contributed by atoms with Gasteiger partial charge in [0.2, 0.25) is 0 Å². The number of benzene rings is 1. The van der Waals surface area contributed by atoms with Gasteiger partial charge in [0.05, 0.1) is 0 Å². The van der Waals surface area contributed by atoms with E-state index in [1.54, 1.807) is 11.3 Å². The number of rotatable bonds is 3. The van der Waals surface area contributed by atoms with Crippen molar-refractivity contribution in [2.24, 2.45) is 0 Å². The monoisotopic (exact) mass is 284 g/mol. The van der Waals surface area contributed by atoms with Gasteiger partial charge >= 0.3 is 0 Å². The first-order valence-electron chi connectivity index (χ1n) is 6.48. The number of thiophene rings is 2. The van der Waals surface area contributed by atoms with Crippen LogP contribution in [0.25, 0.3) is 20.9 Å². The van der Waals surface area contributed by atoms with Crippen LogP contribution in [0, 0.1) is 0 Å². The molecule has 2 heterocycles. The Morgan fingerprint density at radius 1 is 0.789 bits per heavy atom. The molecule has 0 saturated heterocycles. The second kappa shape index (κ2) is 5.32. The van der Waals surface area contributed by atoms with Crippen molar-refractivity contribution in [3.8, 4) is 20.9 Å². The Balaban J connectivity index is 1.89. The Labute approximate surface area is 122 Å². The van der Waals surface area contributed by atoms with E-state index in [4.69, 9.17) is 0 Å². The van der Waals surface area contributed by atoms with Crippen LogP contribution >= 0.6 is 22.7 Å². The van der Waals surface area contributed by atoms with Gasteiger partial charge in [-0.25, -0.2) is 0 Å². The van der Waals surface area contributed by atoms with E-state index in [-0.39, 0.29) is 0 Å². The third kappa shape index (κ3) is 2.65. The Morgan fingerprint density at radius 3 is 2.00 bits per heavy atom. The molecular weight excluding hydrogens is 268 g/mol. The molecule has 0 spiro atoms. The molecule has 0 aliphatic carbocycles. The van der Waals surface area contributed by atoms with Crippen LogP contribution < -0.4 is 0 Å². The molecule has 19 heavy (non-hydrogen) atoms. The number of hydrogen-bond donors (Lipinski definition) is 0. The van der Waals surface area contributed by atoms with Crippen LogP contribution in [0.3, 0.4) is 0 Å². The van der Waals surface area contributed by atoms with Gasteiger partial charge < -0.3 is 0 Å². The zero-order valence-electron chi connectivity index (χ0n) is 11.1. The highest BCUT2D eigenvalue weighted by Gasteiger charge is 2.06. The van der Waals surface area contributed by atoms with Gasteiger partial charge in [0.15, 0.2) is 0 Å². The van der Waals surface area contributed by atoms with E-state index in [9.17, 15) is 0 Å². The van der Waals surface area contributed by atoms with Gasteiger partial charge in [-0.15, -0.1) is 22.7 Å². The lowest BCUT2D eigenvalue weighted by atomic mass is 10.1. The maximum Gasteiger partial charge on any atom is 0.0345 e. The second-order valence-corrected chi connectivity index (χ2v) is 6.97. The highest BCUT2D eigenvalue weighted by Crippen LogP contribution is 2.33. The first-order chi connectivity index (χ1) is 9.24. The van der Waals surface area contributed by atoms with E-state index in [0.29, 0.717) is 5.92 Å². The molecule has 0 aliphatic rings. The lowest BCUT2D eigenvalue weighted by Gasteiger charge is -2.01. The first kappa shape index (κ1) is 12.6. The summed E-state index contributed by atoms with van der Waals surface area (Å²) < 4.78 is 0. The quantitative estimate of drug-likeness (QED) is 0.532. The topological polar surface area (TPSA) is 0 Å². The molecule has 0 fully saturated rings. The molecule has 0 N–H and O–H groups in total. The van der Waals surface area contributed by atoms with Crippen LogP contribution in [0.4, 0.5) is 0 Å². The molecule has 0 nitrogen and oxygen atoms in total.